The maximum absolute atomic E-state index is 4.96. The lowest BCUT2D eigenvalue weighted by Gasteiger charge is -2.19. The summed E-state index contributed by atoms with van der Waals surface area (Å²) in [4.78, 5) is 0. The molecule has 0 saturated heterocycles. The van der Waals surface area contributed by atoms with E-state index in [4.69, 9.17) is 4.74 Å². The Balaban J connectivity index is 3.32. The zero-order valence-corrected chi connectivity index (χ0v) is 8.89. The first kappa shape index (κ1) is 11.9. The van der Waals surface area contributed by atoms with Gasteiger partial charge in [0.1, 0.15) is 0 Å². The molecule has 0 fully saturated rings. The third-order valence-corrected chi connectivity index (χ3v) is 2.36. The van der Waals surface area contributed by atoms with Crippen LogP contribution >= 0.6 is 0 Å². The normalized spacial score (nSPS) is 13.8. The predicted molar refractivity (Wildman–Crippen MR) is 53.4 cm³/mol. The SMILES string of the molecule is CCC(CNCCOC)C(C)C. The molecule has 74 valence electrons. The molecular formula is C10H23NO. The van der Waals surface area contributed by atoms with Gasteiger partial charge in [-0.05, 0) is 18.4 Å². The quantitative estimate of drug-likeness (QED) is 0.594. The minimum absolute atomic E-state index is 0.782. The molecule has 12 heavy (non-hydrogen) atoms. The van der Waals surface area contributed by atoms with Gasteiger partial charge in [0.05, 0.1) is 6.61 Å². The van der Waals surface area contributed by atoms with Crippen molar-refractivity contribution >= 4 is 0 Å². The van der Waals surface area contributed by atoms with Crippen molar-refractivity contribution in [2.45, 2.75) is 27.2 Å². The zero-order chi connectivity index (χ0) is 9.40. The molecule has 1 N–H and O–H groups in total. The van der Waals surface area contributed by atoms with Crippen LogP contribution in [0.25, 0.3) is 0 Å². The molecule has 0 aromatic carbocycles. The lowest BCUT2D eigenvalue weighted by Crippen LogP contribution is -2.28. The van der Waals surface area contributed by atoms with Crippen LogP contribution in [0.15, 0.2) is 0 Å². The van der Waals surface area contributed by atoms with E-state index in [1.165, 1.54) is 6.42 Å². The van der Waals surface area contributed by atoms with E-state index in [1.807, 2.05) is 0 Å². The average molecular weight is 173 g/mol. The number of hydrogen-bond acceptors (Lipinski definition) is 2. The van der Waals surface area contributed by atoms with Gasteiger partial charge in [-0.2, -0.15) is 0 Å². The Morgan fingerprint density at radius 1 is 1.33 bits per heavy atom. The van der Waals surface area contributed by atoms with Crippen molar-refractivity contribution in [2.24, 2.45) is 11.8 Å². The van der Waals surface area contributed by atoms with Gasteiger partial charge in [0.25, 0.3) is 0 Å². The van der Waals surface area contributed by atoms with Crippen LogP contribution in [0.2, 0.25) is 0 Å². The summed E-state index contributed by atoms with van der Waals surface area (Å²) in [5.74, 6) is 1.59. The average Bonchev–Trinajstić information content (AvgIpc) is 2.04. The fourth-order valence-electron chi connectivity index (χ4n) is 1.31. The molecule has 0 aliphatic rings. The second-order valence-electron chi connectivity index (χ2n) is 3.61. The van der Waals surface area contributed by atoms with Crippen LogP contribution in [-0.4, -0.2) is 26.8 Å². The van der Waals surface area contributed by atoms with Crippen molar-refractivity contribution in [3.8, 4) is 0 Å². The first-order valence-corrected chi connectivity index (χ1v) is 4.92. The second-order valence-corrected chi connectivity index (χ2v) is 3.61. The summed E-state index contributed by atoms with van der Waals surface area (Å²) in [6, 6.07) is 0. The van der Waals surface area contributed by atoms with Crippen LogP contribution in [0.1, 0.15) is 27.2 Å². The number of methoxy groups -OCH3 is 1. The van der Waals surface area contributed by atoms with E-state index in [2.05, 4.69) is 26.1 Å². The van der Waals surface area contributed by atoms with Crippen LogP contribution in [0, 0.1) is 11.8 Å². The molecule has 0 aliphatic carbocycles. The van der Waals surface area contributed by atoms with Crippen molar-refractivity contribution < 1.29 is 4.74 Å². The molecule has 2 nitrogen and oxygen atoms in total. The minimum Gasteiger partial charge on any atom is -0.383 e. The topological polar surface area (TPSA) is 21.3 Å². The molecule has 0 aromatic rings. The van der Waals surface area contributed by atoms with Crippen molar-refractivity contribution in [1.82, 2.24) is 5.32 Å². The first-order valence-electron chi connectivity index (χ1n) is 4.92. The van der Waals surface area contributed by atoms with E-state index in [9.17, 15) is 0 Å². The van der Waals surface area contributed by atoms with E-state index in [0.717, 1.165) is 31.5 Å². The van der Waals surface area contributed by atoms with E-state index >= 15 is 0 Å². The number of hydrogen-bond donors (Lipinski definition) is 1. The standard InChI is InChI=1S/C10H23NO/c1-5-10(9(2)3)8-11-6-7-12-4/h9-11H,5-8H2,1-4H3. The van der Waals surface area contributed by atoms with Gasteiger partial charge in [0.15, 0.2) is 0 Å². The van der Waals surface area contributed by atoms with Crippen molar-refractivity contribution in [3.63, 3.8) is 0 Å². The molecule has 0 aliphatic heterocycles. The molecule has 0 heterocycles. The van der Waals surface area contributed by atoms with Gasteiger partial charge in [0.2, 0.25) is 0 Å². The second kappa shape index (κ2) is 7.56. The monoisotopic (exact) mass is 173 g/mol. The summed E-state index contributed by atoms with van der Waals surface area (Å²) >= 11 is 0. The molecule has 0 rings (SSSR count). The van der Waals surface area contributed by atoms with E-state index < -0.39 is 0 Å². The van der Waals surface area contributed by atoms with Gasteiger partial charge in [-0.25, -0.2) is 0 Å². The maximum Gasteiger partial charge on any atom is 0.0587 e. The van der Waals surface area contributed by atoms with Crippen LogP contribution in [0.3, 0.4) is 0 Å². The van der Waals surface area contributed by atoms with Gasteiger partial charge >= 0.3 is 0 Å². The first-order chi connectivity index (χ1) is 5.72. The van der Waals surface area contributed by atoms with Crippen molar-refractivity contribution in [1.29, 1.82) is 0 Å². The van der Waals surface area contributed by atoms with Gasteiger partial charge in [0, 0.05) is 13.7 Å². The fraction of sp³-hybridized carbons (Fsp3) is 1.00. The third kappa shape index (κ3) is 5.56. The number of ether oxygens (including phenoxy) is 1. The zero-order valence-electron chi connectivity index (χ0n) is 8.89. The molecule has 0 spiro atoms. The van der Waals surface area contributed by atoms with Crippen LogP contribution in [0.5, 0.6) is 0 Å². The molecule has 2 heteroatoms. The molecule has 0 aromatic heterocycles. The highest BCUT2D eigenvalue weighted by Gasteiger charge is 2.09. The fourth-order valence-corrected chi connectivity index (χ4v) is 1.31. The molecule has 0 saturated carbocycles. The Labute approximate surface area is 76.7 Å². The largest absolute Gasteiger partial charge is 0.383 e. The molecule has 1 unspecified atom stereocenters. The lowest BCUT2D eigenvalue weighted by molar-refractivity contribution is 0.195. The van der Waals surface area contributed by atoms with E-state index in [-0.39, 0.29) is 0 Å². The number of nitrogens with one attached hydrogen (secondary N) is 1. The van der Waals surface area contributed by atoms with Gasteiger partial charge < -0.3 is 10.1 Å². The van der Waals surface area contributed by atoms with Crippen LogP contribution in [-0.2, 0) is 4.74 Å². The summed E-state index contributed by atoms with van der Waals surface area (Å²) in [6.45, 7) is 9.73. The van der Waals surface area contributed by atoms with E-state index in [1.54, 1.807) is 7.11 Å². The third-order valence-electron chi connectivity index (χ3n) is 2.36. The molecule has 0 amide bonds. The molecular weight excluding hydrogens is 150 g/mol. The predicted octanol–water partition coefficient (Wildman–Crippen LogP) is 1.90. The summed E-state index contributed by atoms with van der Waals surface area (Å²) in [7, 11) is 1.74. The maximum atomic E-state index is 4.96. The Hall–Kier alpha value is -0.0800. The Morgan fingerprint density at radius 2 is 2.00 bits per heavy atom. The highest BCUT2D eigenvalue weighted by atomic mass is 16.5. The van der Waals surface area contributed by atoms with Crippen LogP contribution in [0.4, 0.5) is 0 Å². The summed E-state index contributed by atoms with van der Waals surface area (Å²) < 4.78 is 4.96. The summed E-state index contributed by atoms with van der Waals surface area (Å²) in [5, 5.41) is 3.39. The highest BCUT2D eigenvalue weighted by Crippen LogP contribution is 2.12. The Kier molecular flexibility index (Phi) is 7.51. The summed E-state index contributed by atoms with van der Waals surface area (Å²) in [6.07, 6.45) is 1.26. The molecule has 1 atom stereocenters. The minimum atomic E-state index is 0.782. The lowest BCUT2D eigenvalue weighted by atomic mass is 9.93. The highest BCUT2D eigenvalue weighted by molar-refractivity contribution is 4.63. The molecule has 0 radical (unpaired) electrons. The van der Waals surface area contributed by atoms with Crippen molar-refractivity contribution in [3.05, 3.63) is 0 Å². The number of rotatable bonds is 7. The van der Waals surface area contributed by atoms with Gasteiger partial charge in [-0.1, -0.05) is 27.2 Å². The van der Waals surface area contributed by atoms with Gasteiger partial charge in [-0.3, -0.25) is 0 Å². The molecule has 0 bridgehead atoms. The van der Waals surface area contributed by atoms with Crippen molar-refractivity contribution in [2.75, 3.05) is 26.8 Å². The van der Waals surface area contributed by atoms with Gasteiger partial charge in [-0.15, -0.1) is 0 Å². The Bertz CT molecular complexity index is 93.8. The van der Waals surface area contributed by atoms with Crippen LogP contribution < -0.4 is 5.32 Å². The smallest absolute Gasteiger partial charge is 0.0587 e. The summed E-state index contributed by atoms with van der Waals surface area (Å²) in [5.41, 5.74) is 0. The van der Waals surface area contributed by atoms with E-state index in [0.29, 0.717) is 0 Å². The Morgan fingerprint density at radius 3 is 2.42 bits per heavy atom.